The fraction of sp³-hybridized carbons (Fsp3) is 0.385. The predicted octanol–water partition coefficient (Wildman–Crippen LogP) is 1.47. The highest BCUT2D eigenvalue weighted by Crippen LogP contribution is 2.23. The van der Waals surface area contributed by atoms with Crippen LogP contribution >= 0.6 is 0 Å². The fourth-order valence-electron chi connectivity index (χ4n) is 2.22. The number of carbonyl (C=O) groups excluding carboxylic acids is 1. The van der Waals surface area contributed by atoms with E-state index in [1.165, 1.54) is 0 Å². The van der Waals surface area contributed by atoms with Crippen molar-refractivity contribution in [3.63, 3.8) is 0 Å². The van der Waals surface area contributed by atoms with E-state index in [2.05, 4.69) is 15.5 Å². The number of H-pyrrole nitrogens is 1. The van der Waals surface area contributed by atoms with E-state index in [-0.39, 0.29) is 11.9 Å². The lowest BCUT2D eigenvalue weighted by atomic mass is 9.89. The summed E-state index contributed by atoms with van der Waals surface area (Å²) in [5, 5.41) is 10.8. The van der Waals surface area contributed by atoms with E-state index in [0.717, 1.165) is 23.7 Å². The van der Waals surface area contributed by atoms with E-state index < -0.39 is 0 Å². The monoisotopic (exact) mass is 245 g/mol. The molecular formula is C13H15N3O2. The molecule has 0 unspecified atom stereocenters. The quantitative estimate of drug-likeness (QED) is 0.860. The summed E-state index contributed by atoms with van der Waals surface area (Å²) in [6.45, 7) is 0. The molecule has 0 radical (unpaired) electrons. The number of nitrogens with zero attached hydrogens (tertiary/aromatic N) is 1. The van der Waals surface area contributed by atoms with Gasteiger partial charge in [0.25, 0.3) is 5.91 Å². The van der Waals surface area contributed by atoms with Crippen molar-refractivity contribution in [3.8, 4) is 0 Å². The van der Waals surface area contributed by atoms with Crippen molar-refractivity contribution in [1.29, 1.82) is 0 Å². The molecule has 5 heteroatoms. The zero-order valence-electron chi connectivity index (χ0n) is 10.1. The summed E-state index contributed by atoms with van der Waals surface area (Å²) in [5.74, 6) is -0.0361. The second-order valence-electron chi connectivity index (χ2n) is 4.67. The number of nitrogens with one attached hydrogen (secondary N) is 2. The van der Waals surface area contributed by atoms with Gasteiger partial charge in [-0.25, -0.2) is 0 Å². The van der Waals surface area contributed by atoms with Gasteiger partial charge in [0, 0.05) is 24.1 Å². The molecule has 1 aromatic heterocycles. The number of benzene rings is 1. The standard InChI is InChI=1S/C13H15N3O2/c1-18-11-5-10(6-11)15-13(17)8-2-3-9-7-14-16-12(9)4-8/h2-4,7,10-11H,5-6H2,1H3,(H,14,16)(H,15,17). The topological polar surface area (TPSA) is 67.0 Å². The summed E-state index contributed by atoms with van der Waals surface area (Å²) >= 11 is 0. The highest BCUT2D eigenvalue weighted by atomic mass is 16.5. The van der Waals surface area contributed by atoms with Crippen LogP contribution < -0.4 is 5.32 Å². The predicted molar refractivity (Wildman–Crippen MR) is 67.4 cm³/mol. The number of rotatable bonds is 3. The summed E-state index contributed by atoms with van der Waals surface area (Å²) in [6, 6.07) is 5.77. The van der Waals surface area contributed by atoms with E-state index in [1.54, 1.807) is 13.3 Å². The molecule has 2 N–H and O–H groups in total. The van der Waals surface area contributed by atoms with Crippen LogP contribution in [0.4, 0.5) is 0 Å². The van der Waals surface area contributed by atoms with Crippen LogP contribution in [0.5, 0.6) is 0 Å². The van der Waals surface area contributed by atoms with Crippen molar-refractivity contribution in [3.05, 3.63) is 30.0 Å². The van der Waals surface area contributed by atoms with Crippen LogP contribution in [0.2, 0.25) is 0 Å². The third kappa shape index (κ3) is 1.97. The van der Waals surface area contributed by atoms with E-state index in [1.807, 2.05) is 18.2 Å². The van der Waals surface area contributed by atoms with Gasteiger partial charge in [0.2, 0.25) is 0 Å². The van der Waals surface area contributed by atoms with Gasteiger partial charge in [-0.1, -0.05) is 6.07 Å². The molecule has 5 nitrogen and oxygen atoms in total. The van der Waals surface area contributed by atoms with Gasteiger partial charge in [0.05, 0.1) is 17.8 Å². The zero-order valence-corrected chi connectivity index (χ0v) is 10.1. The molecule has 0 bridgehead atoms. The molecule has 18 heavy (non-hydrogen) atoms. The molecule has 0 aliphatic heterocycles. The Hall–Kier alpha value is -1.88. The second-order valence-corrected chi connectivity index (χ2v) is 4.67. The number of ether oxygens (including phenoxy) is 1. The van der Waals surface area contributed by atoms with Crippen LogP contribution in [-0.2, 0) is 4.74 Å². The smallest absolute Gasteiger partial charge is 0.251 e. The first kappa shape index (κ1) is 11.2. The third-order valence-corrected chi connectivity index (χ3v) is 3.47. The van der Waals surface area contributed by atoms with Gasteiger partial charge in [0.1, 0.15) is 0 Å². The number of amides is 1. The minimum atomic E-state index is -0.0361. The molecule has 0 spiro atoms. The fourth-order valence-corrected chi connectivity index (χ4v) is 2.22. The molecule has 94 valence electrons. The molecule has 1 saturated carbocycles. The largest absolute Gasteiger partial charge is 0.381 e. The van der Waals surface area contributed by atoms with Crippen molar-refractivity contribution in [2.45, 2.75) is 25.0 Å². The Morgan fingerprint density at radius 3 is 3.11 bits per heavy atom. The average Bonchev–Trinajstić information content (AvgIpc) is 2.79. The maximum Gasteiger partial charge on any atom is 0.251 e. The maximum atomic E-state index is 12.0. The number of aromatic amines is 1. The third-order valence-electron chi connectivity index (χ3n) is 3.47. The first-order valence-corrected chi connectivity index (χ1v) is 6.03. The Morgan fingerprint density at radius 2 is 2.33 bits per heavy atom. The molecule has 2 aromatic rings. The SMILES string of the molecule is COC1CC(NC(=O)c2ccc3cn[nH]c3c2)C1. The van der Waals surface area contributed by atoms with Crippen molar-refractivity contribution in [1.82, 2.24) is 15.5 Å². The summed E-state index contributed by atoms with van der Waals surface area (Å²) in [4.78, 5) is 12.0. The first-order valence-electron chi connectivity index (χ1n) is 6.03. The van der Waals surface area contributed by atoms with Gasteiger partial charge in [-0.3, -0.25) is 9.89 Å². The van der Waals surface area contributed by atoms with Gasteiger partial charge >= 0.3 is 0 Å². The van der Waals surface area contributed by atoms with Crippen LogP contribution in [0.25, 0.3) is 10.9 Å². The molecule has 3 rings (SSSR count). The second kappa shape index (κ2) is 4.42. The maximum absolute atomic E-state index is 12.0. The number of carbonyl (C=O) groups is 1. The van der Waals surface area contributed by atoms with Gasteiger partial charge < -0.3 is 10.1 Å². The van der Waals surface area contributed by atoms with Crippen molar-refractivity contribution in [2.24, 2.45) is 0 Å². The Kier molecular flexibility index (Phi) is 2.76. The van der Waals surface area contributed by atoms with E-state index in [9.17, 15) is 4.79 Å². The van der Waals surface area contributed by atoms with Gasteiger partial charge in [-0.05, 0) is 25.0 Å². The van der Waals surface area contributed by atoms with Crippen LogP contribution in [0.3, 0.4) is 0 Å². The normalized spacial score (nSPS) is 22.7. The molecule has 1 aromatic carbocycles. The van der Waals surface area contributed by atoms with Gasteiger partial charge in [0.15, 0.2) is 0 Å². The van der Waals surface area contributed by atoms with Crippen LogP contribution in [0.1, 0.15) is 23.2 Å². The van der Waals surface area contributed by atoms with E-state index in [4.69, 9.17) is 4.74 Å². The molecule has 1 heterocycles. The van der Waals surface area contributed by atoms with Crippen LogP contribution in [0.15, 0.2) is 24.4 Å². The summed E-state index contributed by atoms with van der Waals surface area (Å²) in [7, 11) is 1.70. The molecule has 1 amide bonds. The van der Waals surface area contributed by atoms with Gasteiger partial charge in [-0.15, -0.1) is 0 Å². The lowest BCUT2D eigenvalue weighted by Gasteiger charge is -2.34. The molecule has 0 atom stereocenters. The molecule has 1 aliphatic carbocycles. The van der Waals surface area contributed by atoms with E-state index >= 15 is 0 Å². The Labute approximate surface area is 105 Å². The lowest BCUT2D eigenvalue weighted by Crippen LogP contribution is -2.47. The van der Waals surface area contributed by atoms with Gasteiger partial charge in [-0.2, -0.15) is 5.10 Å². The molecular weight excluding hydrogens is 230 g/mol. The van der Waals surface area contributed by atoms with E-state index in [0.29, 0.717) is 11.7 Å². The molecule has 1 fully saturated rings. The van der Waals surface area contributed by atoms with Crippen LogP contribution in [-0.4, -0.2) is 35.4 Å². The Balaban J connectivity index is 1.68. The number of methoxy groups -OCH3 is 1. The molecule has 1 aliphatic rings. The van der Waals surface area contributed by atoms with Crippen LogP contribution in [0, 0.1) is 0 Å². The van der Waals surface area contributed by atoms with Crippen molar-refractivity contribution < 1.29 is 9.53 Å². The summed E-state index contributed by atoms with van der Waals surface area (Å²) in [6.07, 6.45) is 3.83. The molecule has 0 saturated heterocycles. The summed E-state index contributed by atoms with van der Waals surface area (Å²) in [5.41, 5.74) is 1.54. The van der Waals surface area contributed by atoms with Crippen molar-refractivity contribution >= 4 is 16.8 Å². The summed E-state index contributed by atoms with van der Waals surface area (Å²) < 4.78 is 5.19. The first-order chi connectivity index (χ1) is 8.76. The number of hydrogen-bond acceptors (Lipinski definition) is 3. The van der Waals surface area contributed by atoms with Crippen molar-refractivity contribution in [2.75, 3.05) is 7.11 Å². The number of hydrogen-bond donors (Lipinski definition) is 2. The highest BCUT2D eigenvalue weighted by molar-refractivity contribution is 5.97. The zero-order chi connectivity index (χ0) is 12.5. The average molecular weight is 245 g/mol. The number of aromatic nitrogens is 2. The number of fused-ring (bicyclic) bond motifs is 1. The highest BCUT2D eigenvalue weighted by Gasteiger charge is 2.30. The lowest BCUT2D eigenvalue weighted by molar-refractivity contribution is 0.0176. The Morgan fingerprint density at radius 1 is 1.50 bits per heavy atom. The Bertz CT molecular complexity index is 572. The minimum absolute atomic E-state index is 0.0361. The minimum Gasteiger partial charge on any atom is -0.381 e.